The normalized spacial score (nSPS) is 28.1. The third-order valence-corrected chi connectivity index (χ3v) is 3.41. The predicted molar refractivity (Wildman–Crippen MR) is 70.8 cm³/mol. The average Bonchev–Trinajstić information content (AvgIpc) is 2.37. The third-order valence-electron chi connectivity index (χ3n) is 3.41. The van der Waals surface area contributed by atoms with Crippen molar-refractivity contribution in [2.75, 3.05) is 13.7 Å². The van der Waals surface area contributed by atoms with Crippen molar-refractivity contribution >= 4 is 0 Å². The van der Waals surface area contributed by atoms with Gasteiger partial charge in [0.25, 0.3) is 0 Å². The molecule has 3 heteroatoms. The van der Waals surface area contributed by atoms with Crippen LogP contribution in [0.3, 0.4) is 0 Å². The maximum absolute atomic E-state index is 5.89. The molecule has 0 N–H and O–H groups in total. The van der Waals surface area contributed by atoms with Crippen LogP contribution in [0, 0.1) is 0 Å². The van der Waals surface area contributed by atoms with E-state index in [9.17, 15) is 0 Å². The highest BCUT2D eigenvalue weighted by molar-refractivity contribution is 5.27. The van der Waals surface area contributed by atoms with Crippen LogP contribution in [-0.2, 0) is 15.9 Å². The van der Waals surface area contributed by atoms with Crippen LogP contribution in [0.15, 0.2) is 24.3 Å². The lowest BCUT2D eigenvalue weighted by Crippen LogP contribution is -2.41. The van der Waals surface area contributed by atoms with Crippen LogP contribution >= 0.6 is 0 Å². The quantitative estimate of drug-likeness (QED) is 0.821. The van der Waals surface area contributed by atoms with Crippen LogP contribution in [-0.4, -0.2) is 25.6 Å². The van der Waals surface area contributed by atoms with Crippen LogP contribution in [0.25, 0.3) is 0 Å². The molecule has 1 aliphatic rings. The van der Waals surface area contributed by atoms with E-state index >= 15 is 0 Å². The summed E-state index contributed by atoms with van der Waals surface area (Å²) in [5, 5.41) is 0. The molecule has 2 atom stereocenters. The first-order valence-corrected chi connectivity index (χ1v) is 6.56. The van der Waals surface area contributed by atoms with Crippen LogP contribution in [0.2, 0.25) is 0 Å². The smallest absolute Gasteiger partial charge is 0.166 e. The zero-order valence-electron chi connectivity index (χ0n) is 11.4. The minimum atomic E-state index is -0.433. The molecular formula is C15H22O3. The first kappa shape index (κ1) is 13.4. The second kappa shape index (κ2) is 5.72. The summed E-state index contributed by atoms with van der Waals surface area (Å²) in [5.74, 6) is 0.459. The van der Waals surface area contributed by atoms with Crippen molar-refractivity contribution in [2.24, 2.45) is 0 Å². The predicted octanol–water partition coefficient (Wildman–Crippen LogP) is 3.17. The zero-order chi connectivity index (χ0) is 13.0. The molecule has 1 aromatic carbocycles. The van der Waals surface area contributed by atoms with Gasteiger partial charge in [-0.25, -0.2) is 0 Å². The summed E-state index contributed by atoms with van der Waals surface area (Å²) >= 11 is 0. The Kier molecular flexibility index (Phi) is 4.25. The van der Waals surface area contributed by atoms with Gasteiger partial charge in [0.15, 0.2) is 5.79 Å². The molecule has 0 bridgehead atoms. The van der Waals surface area contributed by atoms with Gasteiger partial charge in [-0.2, -0.15) is 0 Å². The van der Waals surface area contributed by atoms with Crippen molar-refractivity contribution in [3.63, 3.8) is 0 Å². The third kappa shape index (κ3) is 3.47. The minimum Gasteiger partial charge on any atom is -0.497 e. The monoisotopic (exact) mass is 250 g/mol. The lowest BCUT2D eigenvalue weighted by atomic mass is 10.0. The molecule has 18 heavy (non-hydrogen) atoms. The van der Waals surface area contributed by atoms with E-state index in [-0.39, 0.29) is 0 Å². The van der Waals surface area contributed by atoms with Crippen LogP contribution in [0.5, 0.6) is 5.75 Å². The Bertz CT molecular complexity index is 374. The first-order valence-electron chi connectivity index (χ1n) is 6.56. The van der Waals surface area contributed by atoms with E-state index in [2.05, 4.69) is 19.1 Å². The van der Waals surface area contributed by atoms with Gasteiger partial charge in [-0.15, -0.1) is 0 Å². The maximum atomic E-state index is 5.89. The fraction of sp³-hybridized carbons (Fsp3) is 0.600. The molecule has 0 amide bonds. The Balaban J connectivity index is 1.89. The Labute approximate surface area is 109 Å². The molecular weight excluding hydrogens is 228 g/mol. The van der Waals surface area contributed by atoms with Crippen molar-refractivity contribution in [3.05, 3.63) is 29.8 Å². The zero-order valence-corrected chi connectivity index (χ0v) is 11.4. The number of methoxy groups -OCH3 is 1. The first-order chi connectivity index (χ1) is 8.61. The Morgan fingerprint density at radius 1 is 1.33 bits per heavy atom. The van der Waals surface area contributed by atoms with Crippen molar-refractivity contribution in [2.45, 2.75) is 45.0 Å². The molecule has 3 nitrogen and oxygen atoms in total. The Hall–Kier alpha value is -1.06. The molecule has 1 heterocycles. The van der Waals surface area contributed by atoms with Crippen molar-refractivity contribution in [3.8, 4) is 5.75 Å². The standard InChI is InChI=1S/C15H22O3/c1-12-9-11-17-15(2,18-12)10-8-13-4-6-14(16-3)7-5-13/h4-7,12H,8-11H2,1-3H3/t12-,15-/m1/s1. The van der Waals surface area contributed by atoms with E-state index in [4.69, 9.17) is 14.2 Å². The van der Waals surface area contributed by atoms with Crippen molar-refractivity contribution in [1.29, 1.82) is 0 Å². The molecule has 1 fully saturated rings. The number of ether oxygens (including phenoxy) is 3. The van der Waals surface area contributed by atoms with E-state index in [0.717, 1.165) is 31.6 Å². The van der Waals surface area contributed by atoms with Crippen molar-refractivity contribution < 1.29 is 14.2 Å². The molecule has 0 spiro atoms. The summed E-state index contributed by atoms with van der Waals surface area (Å²) in [6, 6.07) is 8.16. The highest BCUT2D eigenvalue weighted by Gasteiger charge is 2.31. The van der Waals surface area contributed by atoms with E-state index < -0.39 is 5.79 Å². The topological polar surface area (TPSA) is 27.7 Å². The van der Waals surface area contributed by atoms with Gasteiger partial charge in [0.2, 0.25) is 0 Å². The maximum Gasteiger partial charge on any atom is 0.166 e. The number of hydrogen-bond donors (Lipinski definition) is 0. The molecule has 1 saturated heterocycles. The molecule has 1 aromatic rings. The molecule has 0 aromatic heterocycles. The molecule has 2 rings (SSSR count). The molecule has 0 unspecified atom stereocenters. The lowest BCUT2D eigenvalue weighted by Gasteiger charge is -2.37. The summed E-state index contributed by atoms with van der Waals surface area (Å²) < 4.78 is 16.8. The SMILES string of the molecule is COc1ccc(CC[C@]2(C)OCC[C@@H](C)O2)cc1. The van der Waals surface area contributed by atoms with Gasteiger partial charge in [0.05, 0.1) is 19.8 Å². The molecule has 0 radical (unpaired) electrons. The van der Waals surface area contributed by atoms with Gasteiger partial charge in [0.1, 0.15) is 5.75 Å². The summed E-state index contributed by atoms with van der Waals surface area (Å²) in [4.78, 5) is 0. The van der Waals surface area contributed by atoms with Gasteiger partial charge >= 0.3 is 0 Å². The van der Waals surface area contributed by atoms with Crippen molar-refractivity contribution in [1.82, 2.24) is 0 Å². The van der Waals surface area contributed by atoms with Crippen LogP contribution in [0.4, 0.5) is 0 Å². The summed E-state index contributed by atoms with van der Waals surface area (Å²) in [6.07, 6.45) is 3.11. The summed E-state index contributed by atoms with van der Waals surface area (Å²) in [5.41, 5.74) is 1.28. The highest BCUT2D eigenvalue weighted by atomic mass is 16.7. The fourth-order valence-electron chi connectivity index (χ4n) is 2.25. The van der Waals surface area contributed by atoms with Crippen LogP contribution in [0.1, 0.15) is 32.3 Å². The minimum absolute atomic E-state index is 0.291. The van der Waals surface area contributed by atoms with E-state index in [1.54, 1.807) is 7.11 Å². The van der Waals surface area contributed by atoms with Gasteiger partial charge in [0, 0.05) is 6.42 Å². The fourth-order valence-corrected chi connectivity index (χ4v) is 2.25. The van der Waals surface area contributed by atoms with Gasteiger partial charge < -0.3 is 14.2 Å². The molecule has 1 aliphatic heterocycles. The highest BCUT2D eigenvalue weighted by Crippen LogP contribution is 2.27. The number of hydrogen-bond acceptors (Lipinski definition) is 3. The number of rotatable bonds is 4. The lowest BCUT2D eigenvalue weighted by molar-refractivity contribution is -0.282. The van der Waals surface area contributed by atoms with Crippen LogP contribution < -0.4 is 4.74 Å². The molecule has 0 aliphatic carbocycles. The molecule has 0 saturated carbocycles. The van der Waals surface area contributed by atoms with E-state index in [1.165, 1.54) is 5.56 Å². The second-order valence-corrected chi connectivity index (χ2v) is 5.05. The second-order valence-electron chi connectivity index (χ2n) is 5.05. The number of benzene rings is 1. The average molecular weight is 250 g/mol. The van der Waals surface area contributed by atoms with Gasteiger partial charge in [-0.05, 0) is 44.4 Å². The largest absolute Gasteiger partial charge is 0.497 e. The summed E-state index contributed by atoms with van der Waals surface area (Å²) in [6.45, 7) is 4.93. The Morgan fingerprint density at radius 2 is 2.06 bits per heavy atom. The van der Waals surface area contributed by atoms with E-state index in [0.29, 0.717) is 6.10 Å². The Morgan fingerprint density at radius 3 is 2.67 bits per heavy atom. The number of aryl methyl sites for hydroxylation is 1. The van der Waals surface area contributed by atoms with E-state index in [1.807, 2.05) is 19.1 Å². The summed E-state index contributed by atoms with van der Waals surface area (Å²) in [7, 11) is 1.68. The van der Waals surface area contributed by atoms with Gasteiger partial charge in [-0.3, -0.25) is 0 Å². The molecule has 100 valence electrons. The van der Waals surface area contributed by atoms with Gasteiger partial charge in [-0.1, -0.05) is 12.1 Å².